The van der Waals surface area contributed by atoms with E-state index in [0.717, 1.165) is 30.0 Å². The Morgan fingerprint density at radius 2 is 1.63 bits per heavy atom. The lowest BCUT2D eigenvalue weighted by molar-refractivity contribution is 0.104. The highest BCUT2D eigenvalue weighted by Gasteiger charge is 2.04. The molecule has 0 bridgehead atoms. The van der Waals surface area contributed by atoms with E-state index in [4.69, 9.17) is 14.2 Å². The molecular weight excluding hydrogens is 342 g/mol. The molecule has 0 N–H and O–H groups in total. The van der Waals surface area contributed by atoms with Gasteiger partial charge in [0.1, 0.15) is 11.5 Å². The number of carbonyl (C=O) groups excluding carboxylic acids is 1. The molecule has 5 nitrogen and oxygen atoms in total. The van der Waals surface area contributed by atoms with Crippen LogP contribution in [-0.2, 0) is 4.74 Å². The maximum atomic E-state index is 11.3. The van der Waals surface area contributed by atoms with Crippen molar-refractivity contribution in [3.63, 3.8) is 0 Å². The van der Waals surface area contributed by atoms with Crippen LogP contribution in [0.2, 0.25) is 0 Å². The van der Waals surface area contributed by atoms with Crippen LogP contribution < -0.4 is 9.47 Å². The van der Waals surface area contributed by atoms with Crippen LogP contribution in [0.25, 0.3) is 0 Å². The van der Waals surface area contributed by atoms with E-state index >= 15 is 0 Å². The van der Waals surface area contributed by atoms with Gasteiger partial charge in [0.15, 0.2) is 0 Å². The Kier molecular flexibility index (Phi) is 8.90. The monoisotopic (exact) mass is 369 g/mol. The second-order valence-electron chi connectivity index (χ2n) is 6.02. The number of ether oxygens (including phenoxy) is 3. The van der Waals surface area contributed by atoms with E-state index in [1.807, 2.05) is 36.4 Å². The van der Waals surface area contributed by atoms with Crippen molar-refractivity contribution in [2.75, 3.05) is 13.2 Å². The number of aliphatic imine (C=N–C) groups is 1. The van der Waals surface area contributed by atoms with Crippen molar-refractivity contribution in [1.29, 1.82) is 0 Å². The molecule has 0 spiro atoms. The first-order valence-corrected chi connectivity index (χ1v) is 9.43. The van der Waals surface area contributed by atoms with Crippen molar-refractivity contribution in [3.8, 4) is 11.5 Å². The molecule has 2 aromatic carbocycles. The molecule has 0 aliphatic heterocycles. The third kappa shape index (κ3) is 7.94. The van der Waals surface area contributed by atoms with Gasteiger partial charge in [-0.15, -0.1) is 0 Å². The third-order valence-electron chi connectivity index (χ3n) is 3.81. The van der Waals surface area contributed by atoms with Crippen LogP contribution in [0.4, 0.5) is 10.5 Å². The Hall–Kier alpha value is -2.82. The molecule has 2 rings (SSSR count). The number of rotatable bonds is 10. The predicted octanol–water partition coefficient (Wildman–Crippen LogP) is 5.93. The second kappa shape index (κ2) is 11.7. The van der Waals surface area contributed by atoms with Gasteiger partial charge in [-0.1, -0.05) is 26.2 Å². The van der Waals surface area contributed by atoms with Crippen molar-refractivity contribution < 1.29 is 19.0 Å². The van der Waals surface area contributed by atoms with Gasteiger partial charge in [0.05, 0.1) is 18.9 Å². The molecule has 2 aromatic rings. The number of hydrogen-bond acceptors (Lipinski definition) is 5. The van der Waals surface area contributed by atoms with Crippen LogP contribution in [0.15, 0.2) is 53.5 Å². The summed E-state index contributed by atoms with van der Waals surface area (Å²) < 4.78 is 15.5. The van der Waals surface area contributed by atoms with E-state index in [-0.39, 0.29) is 6.61 Å². The van der Waals surface area contributed by atoms with Crippen molar-refractivity contribution in [1.82, 2.24) is 0 Å². The second-order valence-corrected chi connectivity index (χ2v) is 6.02. The summed E-state index contributed by atoms with van der Waals surface area (Å²) in [5.41, 5.74) is 1.75. The molecule has 0 heterocycles. The van der Waals surface area contributed by atoms with Crippen molar-refractivity contribution in [3.05, 3.63) is 54.1 Å². The average molecular weight is 369 g/mol. The third-order valence-corrected chi connectivity index (χ3v) is 3.81. The number of benzene rings is 2. The minimum atomic E-state index is -0.702. The summed E-state index contributed by atoms with van der Waals surface area (Å²) in [6, 6.07) is 14.8. The molecule has 144 valence electrons. The Bertz CT molecular complexity index is 708. The molecular formula is C22H27NO4. The first-order valence-electron chi connectivity index (χ1n) is 9.43. The molecule has 0 aliphatic carbocycles. The number of carbonyl (C=O) groups is 1. The quantitative estimate of drug-likeness (QED) is 0.225. The van der Waals surface area contributed by atoms with E-state index < -0.39 is 6.16 Å². The van der Waals surface area contributed by atoms with Crippen LogP contribution in [-0.4, -0.2) is 25.6 Å². The van der Waals surface area contributed by atoms with Crippen molar-refractivity contribution in [2.24, 2.45) is 4.99 Å². The standard InChI is InChI=1S/C22H27NO4/c1-3-5-6-7-16-26-20-14-10-19(11-15-20)23-17-18-8-12-21(13-9-18)27-22(24)25-4-2/h8-15,17H,3-7,16H2,1-2H3. The van der Waals surface area contributed by atoms with Gasteiger partial charge in [0.25, 0.3) is 0 Å². The fourth-order valence-electron chi connectivity index (χ4n) is 2.36. The van der Waals surface area contributed by atoms with Crippen molar-refractivity contribution >= 4 is 18.1 Å². The van der Waals surface area contributed by atoms with Gasteiger partial charge in [-0.05, 0) is 67.4 Å². The van der Waals surface area contributed by atoms with E-state index in [9.17, 15) is 4.79 Å². The average Bonchev–Trinajstić information content (AvgIpc) is 2.68. The molecule has 5 heteroatoms. The highest BCUT2D eigenvalue weighted by Crippen LogP contribution is 2.19. The summed E-state index contributed by atoms with van der Waals surface area (Å²) in [5.74, 6) is 1.30. The summed E-state index contributed by atoms with van der Waals surface area (Å²) >= 11 is 0. The van der Waals surface area contributed by atoms with Crippen LogP contribution in [0.5, 0.6) is 11.5 Å². The van der Waals surface area contributed by atoms with E-state index in [0.29, 0.717) is 5.75 Å². The Morgan fingerprint density at radius 3 is 2.30 bits per heavy atom. The van der Waals surface area contributed by atoms with Gasteiger partial charge in [-0.3, -0.25) is 4.99 Å². The number of unbranched alkanes of at least 4 members (excludes halogenated alkanes) is 3. The number of nitrogens with zero attached hydrogens (tertiary/aromatic N) is 1. The van der Waals surface area contributed by atoms with Crippen LogP contribution in [0.1, 0.15) is 45.1 Å². The molecule has 0 aromatic heterocycles. The maximum Gasteiger partial charge on any atom is 0.513 e. The van der Waals surface area contributed by atoms with E-state index in [2.05, 4.69) is 11.9 Å². The first-order chi connectivity index (χ1) is 13.2. The molecule has 27 heavy (non-hydrogen) atoms. The molecule has 0 aliphatic rings. The zero-order chi connectivity index (χ0) is 19.3. The van der Waals surface area contributed by atoms with Gasteiger partial charge in [-0.2, -0.15) is 0 Å². The first kappa shape index (κ1) is 20.5. The summed E-state index contributed by atoms with van der Waals surface area (Å²) in [6.07, 6.45) is 5.84. The molecule has 0 amide bonds. The van der Waals surface area contributed by atoms with Gasteiger partial charge in [0, 0.05) is 6.21 Å². The van der Waals surface area contributed by atoms with Crippen LogP contribution >= 0.6 is 0 Å². The van der Waals surface area contributed by atoms with E-state index in [1.54, 1.807) is 25.3 Å². The molecule has 0 atom stereocenters. The van der Waals surface area contributed by atoms with Gasteiger partial charge >= 0.3 is 6.16 Å². The lowest BCUT2D eigenvalue weighted by Gasteiger charge is -2.06. The van der Waals surface area contributed by atoms with E-state index in [1.165, 1.54) is 19.3 Å². The summed E-state index contributed by atoms with van der Waals surface area (Å²) in [4.78, 5) is 15.7. The van der Waals surface area contributed by atoms with Gasteiger partial charge in [-0.25, -0.2) is 4.79 Å². The van der Waals surface area contributed by atoms with Crippen LogP contribution in [0.3, 0.4) is 0 Å². The minimum absolute atomic E-state index is 0.284. The molecule has 0 saturated carbocycles. The lowest BCUT2D eigenvalue weighted by Crippen LogP contribution is -2.09. The Balaban J connectivity index is 1.82. The fraction of sp³-hybridized carbons (Fsp3) is 0.364. The highest BCUT2D eigenvalue weighted by atomic mass is 16.7. The normalized spacial score (nSPS) is 10.7. The van der Waals surface area contributed by atoms with Gasteiger partial charge in [0.2, 0.25) is 0 Å². The molecule has 0 unspecified atom stereocenters. The highest BCUT2D eigenvalue weighted by molar-refractivity contribution is 5.82. The predicted molar refractivity (Wildman–Crippen MR) is 107 cm³/mol. The Morgan fingerprint density at radius 1 is 0.926 bits per heavy atom. The Labute approximate surface area is 161 Å². The summed E-state index contributed by atoms with van der Waals surface area (Å²) in [5, 5.41) is 0. The summed E-state index contributed by atoms with van der Waals surface area (Å²) in [7, 11) is 0. The van der Waals surface area contributed by atoms with Crippen LogP contribution in [0, 0.1) is 0 Å². The zero-order valence-corrected chi connectivity index (χ0v) is 16.0. The largest absolute Gasteiger partial charge is 0.513 e. The zero-order valence-electron chi connectivity index (χ0n) is 16.0. The fourth-order valence-corrected chi connectivity index (χ4v) is 2.36. The maximum absolute atomic E-state index is 11.3. The smallest absolute Gasteiger partial charge is 0.494 e. The SMILES string of the molecule is CCCCCCOc1ccc(N=Cc2ccc(OC(=O)OCC)cc2)cc1. The summed E-state index contributed by atoms with van der Waals surface area (Å²) in [6.45, 7) is 4.97. The molecule has 0 saturated heterocycles. The molecule has 0 fully saturated rings. The van der Waals surface area contributed by atoms with Gasteiger partial charge < -0.3 is 14.2 Å². The topological polar surface area (TPSA) is 57.1 Å². The van der Waals surface area contributed by atoms with Crippen molar-refractivity contribution in [2.45, 2.75) is 39.5 Å². The minimum Gasteiger partial charge on any atom is -0.494 e. The number of hydrogen-bond donors (Lipinski definition) is 0. The lowest BCUT2D eigenvalue weighted by atomic mass is 10.2. The molecule has 0 radical (unpaired) electrons.